The van der Waals surface area contributed by atoms with Gasteiger partial charge in [-0.25, -0.2) is 4.98 Å². The minimum absolute atomic E-state index is 0.765. The summed E-state index contributed by atoms with van der Waals surface area (Å²) in [6.07, 6.45) is 2.86. The molecule has 0 saturated heterocycles. The van der Waals surface area contributed by atoms with Gasteiger partial charge in [-0.2, -0.15) is 0 Å². The summed E-state index contributed by atoms with van der Waals surface area (Å²) in [6, 6.07) is 4.04. The number of nitrogens with one attached hydrogen (secondary N) is 1. The molecule has 0 fully saturated rings. The van der Waals surface area contributed by atoms with Crippen molar-refractivity contribution in [3.8, 4) is 0 Å². The van der Waals surface area contributed by atoms with E-state index in [1.54, 1.807) is 11.3 Å². The van der Waals surface area contributed by atoms with Crippen LogP contribution in [-0.2, 0) is 13.0 Å². The molecule has 0 aliphatic carbocycles. The van der Waals surface area contributed by atoms with Crippen LogP contribution < -0.4 is 5.32 Å². The molecule has 4 heteroatoms. The number of hydrogen-bond donors (Lipinski definition) is 1. The van der Waals surface area contributed by atoms with Crippen LogP contribution >= 0.6 is 11.3 Å². The molecular formula is C12H15N3S. The number of pyridine rings is 1. The summed E-state index contributed by atoms with van der Waals surface area (Å²) in [5.41, 5.74) is 3.17. The average molecular weight is 233 g/mol. The normalized spacial score (nSPS) is 10.4. The fourth-order valence-electron chi connectivity index (χ4n) is 1.36. The smallest absolute Gasteiger partial charge is 0.0926 e. The molecule has 0 aliphatic heterocycles. The number of nitrogens with zero attached hydrogens (tertiary/aromatic N) is 2. The van der Waals surface area contributed by atoms with E-state index in [0.29, 0.717) is 0 Å². The SMILES string of the molecule is CCc1nc(CNc2ccc(C)nc2)cs1. The molecule has 3 nitrogen and oxygen atoms in total. The van der Waals surface area contributed by atoms with Gasteiger partial charge in [0.2, 0.25) is 0 Å². The first-order valence-electron chi connectivity index (χ1n) is 5.37. The van der Waals surface area contributed by atoms with Gasteiger partial charge in [-0.15, -0.1) is 11.3 Å². The second kappa shape index (κ2) is 5.07. The largest absolute Gasteiger partial charge is 0.378 e. The molecule has 0 unspecified atom stereocenters. The molecule has 16 heavy (non-hydrogen) atoms. The van der Waals surface area contributed by atoms with Crippen LogP contribution in [0.1, 0.15) is 23.3 Å². The third-order valence-electron chi connectivity index (χ3n) is 2.29. The van der Waals surface area contributed by atoms with E-state index < -0.39 is 0 Å². The van der Waals surface area contributed by atoms with Crippen molar-refractivity contribution < 1.29 is 0 Å². The Morgan fingerprint density at radius 2 is 2.25 bits per heavy atom. The van der Waals surface area contributed by atoms with Gasteiger partial charge < -0.3 is 5.32 Å². The molecule has 2 aromatic rings. The molecule has 84 valence electrons. The van der Waals surface area contributed by atoms with Crippen LogP contribution in [0.3, 0.4) is 0 Å². The van der Waals surface area contributed by atoms with Gasteiger partial charge in [-0.05, 0) is 25.5 Å². The Kier molecular flexibility index (Phi) is 3.51. The van der Waals surface area contributed by atoms with Gasteiger partial charge in [0.05, 0.1) is 29.1 Å². The standard InChI is InChI=1S/C12H15N3S/c1-3-12-15-11(8-16-12)7-14-10-5-4-9(2)13-6-10/h4-6,8,14H,3,7H2,1-2H3. The molecule has 2 heterocycles. The van der Waals surface area contributed by atoms with E-state index in [9.17, 15) is 0 Å². The molecule has 0 aromatic carbocycles. The van der Waals surface area contributed by atoms with Crippen molar-refractivity contribution >= 4 is 17.0 Å². The van der Waals surface area contributed by atoms with Crippen LogP contribution in [0, 0.1) is 6.92 Å². The maximum absolute atomic E-state index is 4.50. The lowest BCUT2D eigenvalue weighted by molar-refractivity contribution is 1.01. The summed E-state index contributed by atoms with van der Waals surface area (Å²) in [5, 5.41) is 6.61. The maximum atomic E-state index is 4.50. The topological polar surface area (TPSA) is 37.8 Å². The van der Waals surface area contributed by atoms with E-state index in [1.807, 2.05) is 25.3 Å². The van der Waals surface area contributed by atoms with Crippen molar-refractivity contribution in [2.24, 2.45) is 0 Å². The van der Waals surface area contributed by atoms with E-state index in [0.717, 1.165) is 30.0 Å². The van der Waals surface area contributed by atoms with Crippen molar-refractivity contribution in [2.45, 2.75) is 26.8 Å². The molecule has 2 aromatic heterocycles. The van der Waals surface area contributed by atoms with Crippen molar-refractivity contribution in [1.82, 2.24) is 9.97 Å². The van der Waals surface area contributed by atoms with Gasteiger partial charge in [0.25, 0.3) is 0 Å². The molecule has 0 atom stereocenters. The Labute approximate surface area is 99.6 Å². The Bertz CT molecular complexity index is 448. The van der Waals surface area contributed by atoms with E-state index in [-0.39, 0.29) is 0 Å². The first-order chi connectivity index (χ1) is 7.78. The molecule has 0 amide bonds. The van der Waals surface area contributed by atoms with Crippen LogP contribution in [0.15, 0.2) is 23.7 Å². The number of hydrogen-bond acceptors (Lipinski definition) is 4. The molecule has 0 bridgehead atoms. The van der Waals surface area contributed by atoms with Crippen molar-refractivity contribution in [2.75, 3.05) is 5.32 Å². The lowest BCUT2D eigenvalue weighted by atomic mass is 10.3. The summed E-state index contributed by atoms with van der Waals surface area (Å²) in [6.45, 7) is 4.87. The third kappa shape index (κ3) is 2.79. The lowest BCUT2D eigenvalue weighted by Crippen LogP contribution is -2.00. The number of thiazole rings is 1. The molecule has 0 saturated carbocycles. The average Bonchev–Trinajstić information content (AvgIpc) is 2.76. The monoisotopic (exact) mass is 233 g/mol. The van der Waals surface area contributed by atoms with Gasteiger partial charge >= 0.3 is 0 Å². The summed E-state index contributed by atoms with van der Waals surface area (Å²) in [5.74, 6) is 0. The van der Waals surface area contributed by atoms with Crippen LogP contribution in [0.2, 0.25) is 0 Å². The fraction of sp³-hybridized carbons (Fsp3) is 0.333. The van der Waals surface area contributed by atoms with Gasteiger partial charge in [0.1, 0.15) is 0 Å². The van der Waals surface area contributed by atoms with Crippen LogP contribution in [0.4, 0.5) is 5.69 Å². The van der Waals surface area contributed by atoms with Gasteiger partial charge in [-0.1, -0.05) is 6.92 Å². The van der Waals surface area contributed by atoms with Gasteiger partial charge in [0, 0.05) is 11.1 Å². The van der Waals surface area contributed by atoms with E-state index in [1.165, 1.54) is 5.01 Å². The molecule has 0 radical (unpaired) electrons. The Hall–Kier alpha value is -1.42. The second-order valence-electron chi connectivity index (χ2n) is 3.63. The highest BCUT2D eigenvalue weighted by atomic mass is 32.1. The number of rotatable bonds is 4. The molecule has 2 rings (SSSR count). The van der Waals surface area contributed by atoms with E-state index in [2.05, 4.69) is 27.6 Å². The molecule has 0 aliphatic rings. The zero-order valence-electron chi connectivity index (χ0n) is 9.53. The van der Waals surface area contributed by atoms with Crippen molar-refractivity contribution in [3.05, 3.63) is 40.1 Å². The Morgan fingerprint density at radius 3 is 2.88 bits per heavy atom. The summed E-state index contributed by atoms with van der Waals surface area (Å²) in [7, 11) is 0. The third-order valence-corrected chi connectivity index (χ3v) is 3.33. The van der Waals surface area contributed by atoms with Gasteiger partial charge in [0.15, 0.2) is 0 Å². The Balaban J connectivity index is 1.94. The highest BCUT2D eigenvalue weighted by Gasteiger charge is 2.00. The van der Waals surface area contributed by atoms with Crippen molar-refractivity contribution in [1.29, 1.82) is 0 Å². The highest BCUT2D eigenvalue weighted by Crippen LogP contribution is 2.12. The van der Waals surface area contributed by atoms with Crippen molar-refractivity contribution in [3.63, 3.8) is 0 Å². The Morgan fingerprint density at radius 1 is 1.38 bits per heavy atom. The molecular weight excluding hydrogens is 218 g/mol. The number of aromatic nitrogens is 2. The fourth-order valence-corrected chi connectivity index (χ4v) is 2.10. The summed E-state index contributed by atoms with van der Waals surface area (Å²) in [4.78, 5) is 8.73. The van der Waals surface area contributed by atoms with Crippen LogP contribution in [0.5, 0.6) is 0 Å². The van der Waals surface area contributed by atoms with Crippen LogP contribution in [0.25, 0.3) is 0 Å². The summed E-state index contributed by atoms with van der Waals surface area (Å²) >= 11 is 1.72. The first kappa shape index (κ1) is 11.1. The maximum Gasteiger partial charge on any atom is 0.0926 e. The zero-order valence-corrected chi connectivity index (χ0v) is 10.3. The van der Waals surface area contributed by atoms with Crippen LogP contribution in [-0.4, -0.2) is 9.97 Å². The summed E-state index contributed by atoms with van der Waals surface area (Å²) < 4.78 is 0. The highest BCUT2D eigenvalue weighted by molar-refractivity contribution is 7.09. The lowest BCUT2D eigenvalue weighted by Gasteiger charge is -2.03. The minimum atomic E-state index is 0.765. The molecule has 0 spiro atoms. The number of aryl methyl sites for hydroxylation is 2. The zero-order chi connectivity index (χ0) is 11.4. The van der Waals surface area contributed by atoms with E-state index >= 15 is 0 Å². The minimum Gasteiger partial charge on any atom is -0.378 e. The quantitative estimate of drug-likeness (QED) is 0.882. The number of anilines is 1. The molecule has 1 N–H and O–H groups in total. The van der Waals surface area contributed by atoms with E-state index in [4.69, 9.17) is 0 Å². The predicted octanol–water partition coefficient (Wildman–Crippen LogP) is 3.02. The predicted molar refractivity (Wildman–Crippen MR) is 67.8 cm³/mol. The first-order valence-corrected chi connectivity index (χ1v) is 6.25. The second-order valence-corrected chi connectivity index (χ2v) is 4.57. The van der Waals surface area contributed by atoms with Gasteiger partial charge in [-0.3, -0.25) is 4.98 Å².